The van der Waals surface area contributed by atoms with Gasteiger partial charge in [0, 0.05) is 11.5 Å². The summed E-state index contributed by atoms with van der Waals surface area (Å²) < 4.78 is 0.776. The Morgan fingerprint density at radius 3 is 2.71 bits per heavy atom. The van der Waals surface area contributed by atoms with Crippen LogP contribution in [0.15, 0.2) is 3.92 Å². The molecule has 1 aliphatic carbocycles. The Labute approximate surface area is 94.9 Å². The summed E-state index contributed by atoms with van der Waals surface area (Å²) in [6, 6.07) is 0.289. The van der Waals surface area contributed by atoms with Gasteiger partial charge >= 0.3 is 0 Å². The van der Waals surface area contributed by atoms with Crippen molar-refractivity contribution in [2.24, 2.45) is 5.41 Å². The lowest BCUT2D eigenvalue weighted by Crippen LogP contribution is -2.56. The van der Waals surface area contributed by atoms with Crippen molar-refractivity contribution in [3.8, 4) is 0 Å². The summed E-state index contributed by atoms with van der Waals surface area (Å²) in [6.07, 6.45) is 0.570. The van der Waals surface area contributed by atoms with Gasteiger partial charge in [0.2, 0.25) is 5.13 Å². The van der Waals surface area contributed by atoms with Crippen LogP contribution in [0.4, 0.5) is 5.13 Å². The Balaban J connectivity index is 2.00. The number of hydrogen-bond donors (Lipinski definition) is 2. The molecular formula is C8H12BrN3OS. The van der Waals surface area contributed by atoms with Crippen molar-refractivity contribution in [1.29, 1.82) is 0 Å². The van der Waals surface area contributed by atoms with Crippen molar-refractivity contribution >= 4 is 32.4 Å². The minimum atomic E-state index is -0.212. The molecule has 4 nitrogen and oxygen atoms in total. The Kier molecular flexibility index (Phi) is 2.53. The fourth-order valence-electron chi connectivity index (χ4n) is 1.56. The van der Waals surface area contributed by atoms with E-state index < -0.39 is 0 Å². The van der Waals surface area contributed by atoms with Gasteiger partial charge in [0.25, 0.3) is 0 Å². The number of aromatic nitrogens is 2. The van der Waals surface area contributed by atoms with Gasteiger partial charge in [-0.1, -0.05) is 25.2 Å². The molecule has 1 fully saturated rings. The number of rotatable bonds is 2. The van der Waals surface area contributed by atoms with Crippen LogP contribution >= 0.6 is 27.3 Å². The molecule has 14 heavy (non-hydrogen) atoms. The third kappa shape index (κ3) is 1.66. The molecule has 1 saturated carbocycles. The highest BCUT2D eigenvalue weighted by Gasteiger charge is 2.47. The molecule has 2 N–H and O–H groups in total. The summed E-state index contributed by atoms with van der Waals surface area (Å²) in [4.78, 5) is 0. The van der Waals surface area contributed by atoms with Crippen LogP contribution in [0.1, 0.15) is 20.3 Å². The molecule has 2 unspecified atom stereocenters. The van der Waals surface area contributed by atoms with E-state index in [1.54, 1.807) is 0 Å². The van der Waals surface area contributed by atoms with E-state index in [1.807, 2.05) is 0 Å². The fourth-order valence-corrected chi connectivity index (χ4v) is 2.62. The largest absolute Gasteiger partial charge is 0.392 e. The molecule has 0 radical (unpaired) electrons. The lowest BCUT2D eigenvalue weighted by molar-refractivity contribution is -0.0510. The first-order valence-electron chi connectivity index (χ1n) is 4.44. The summed E-state index contributed by atoms with van der Waals surface area (Å²) >= 11 is 4.73. The molecule has 1 heterocycles. The molecule has 0 amide bonds. The minimum Gasteiger partial charge on any atom is -0.392 e. The second kappa shape index (κ2) is 3.43. The first-order valence-corrected chi connectivity index (χ1v) is 6.04. The van der Waals surface area contributed by atoms with Crippen LogP contribution in [0.3, 0.4) is 0 Å². The number of aliphatic hydroxyl groups excluding tert-OH is 1. The molecular weight excluding hydrogens is 266 g/mol. The molecule has 0 aromatic carbocycles. The monoisotopic (exact) mass is 277 g/mol. The van der Waals surface area contributed by atoms with Gasteiger partial charge in [-0.05, 0) is 22.4 Å². The average molecular weight is 278 g/mol. The van der Waals surface area contributed by atoms with E-state index >= 15 is 0 Å². The molecule has 1 aromatic heterocycles. The van der Waals surface area contributed by atoms with E-state index in [4.69, 9.17) is 0 Å². The molecule has 2 atom stereocenters. The molecule has 1 aromatic rings. The van der Waals surface area contributed by atoms with Crippen molar-refractivity contribution in [3.63, 3.8) is 0 Å². The number of hydrogen-bond acceptors (Lipinski definition) is 5. The predicted molar refractivity (Wildman–Crippen MR) is 59.4 cm³/mol. The van der Waals surface area contributed by atoms with E-state index in [-0.39, 0.29) is 17.6 Å². The zero-order chi connectivity index (χ0) is 10.3. The number of nitrogens with one attached hydrogen (secondary N) is 1. The van der Waals surface area contributed by atoms with Crippen molar-refractivity contribution < 1.29 is 5.11 Å². The van der Waals surface area contributed by atoms with E-state index in [0.29, 0.717) is 0 Å². The molecule has 2 rings (SSSR count). The highest BCUT2D eigenvalue weighted by molar-refractivity contribution is 9.11. The molecule has 0 saturated heterocycles. The molecule has 1 aliphatic rings. The van der Waals surface area contributed by atoms with Gasteiger partial charge in [0.05, 0.1) is 6.10 Å². The summed E-state index contributed by atoms with van der Waals surface area (Å²) in [6.45, 7) is 4.10. The topological polar surface area (TPSA) is 58.0 Å². The highest BCUT2D eigenvalue weighted by atomic mass is 79.9. The highest BCUT2D eigenvalue weighted by Crippen LogP contribution is 2.42. The maximum absolute atomic E-state index is 9.55. The summed E-state index contributed by atoms with van der Waals surface area (Å²) in [5, 5.41) is 21.4. The number of anilines is 1. The quantitative estimate of drug-likeness (QED) is 0.867. The molecule has 78 valence electrons. The number of aliphatic hydroxyl groups is 1. The first-order chi connectivity index (χ1) is 6.50. The zero-order valence-corrected chi connectivity index (χ0v) is 10.4. The summed E-state index contributed by atoms with van der Waals surface area (Å²) in [5.41, 5.74) is -0.0713. The molecule has 6 heteroatoms. The smallest absolute Gasteiger partial charge is 0.206 e. The first kappa shape index (κ1) is 10.3. The fraction of sp³-hybridized carbons (Fsp3) is 0.750. The SMILES string of the molecule is CC1(C)C(O)CC1Nc1nnc(Br)s1. The average Bonchev–Trinajstić information content (AvgIpc) is 2.51. The van der Waals surface area contributed by atoms with E-state index in [1.165, 1.54) is 11.3 Å². The van der Waals surface area contributed by atoms with Crippen molar-refractivity contribution in [2.75, 3.05) is 5.32 Å². The summed E-state index contributed by atoms with van der Waals surface area (Å²) in [7, 11) is 0. The Morgan fingerprint density at radius 2 is 2.29 bits per heavy atom. The van der Waals surface area contributed by atoms with Crippen LogP contribution in [0.2, 0.25) is 0 Å². The third-order valence-electron chi connectivity index (χ3n) is 2.91. The van der Waals surface area contributed by atoms with E-state index in [2.05, 4.69) is 45.3 Å². The van der Waals surface area contributed by atoms with Crippen LogP contribution in [-0.4, -0.2) is 27.4 Å². The van der Waals surface area contributed by atoms with E-state index in [9.17, 15) is 5.11 Å². The van der Waals surface area contributed by atoms with Gasteiger partial charge in [-0.3, -0.25) is 0 Å². The Hall–Kier alpha value is -0.200. The van der Waals surface area contributed by atoms with Crippen molar-refractivity contribution in [3.05, 3.63) is 3.92 Å². The van der Waals surface area contributed by atoms with Crippen molar-refractivity contribution in [1.82, 2.24) is 10.2 Å². The number of halogens is 1. The second-order valence-electron chi connectivity index (χ2n) is 4.13. The van der Waals surface area contributed by atoms with Gasteiger partial charge in [-0.2, -0.15) is 0 Å². The third-order valence-corrected chi connectivity index (χ3v) is 4.20. The summed E-state index contributed by atoms with van der Waals surface area (Å²) in [5.74, 6) is 0. The standard InChI is InChI=1S/C8H12BrN3OS/c1-8(2)4(3-5(8)13)10-7-12-11-6(9)14-7/h4-5,13H,3H2,1-2H3,(H,10,12). The maximum Gasteiger partial charge on any atom is 0.206 e. The molecule has 0 spiro atoms. The Bertz CT molecular complexity index is 341. The normalized spacial score (nSPS) is 29.7. The predicted octanol–water partition coefficient (Wildman–Crippen LogP) is 1.87. The van der Waals surface area contributed by atoms with Crippen LogP contribution in [0, 0.1) is 5.41 Å². The maximum atomic E-state index is 9.55. The lowest BCUT2D eigenvalue weighted by atomic mass is 9.65. The van der Waals surface area contributed by atoms with Crippen LogP contribution in [0.25, 0.3) is 0 Å². The van der Waals surface area contributed by atoms with E-state index in [0.717, 1.165) is 15.5 Å². The van der Waals surface area contributed by atoms with Gasteiger partial charge in [-0.25, -0.2) is 0 Å². The second-order valence-corrected chi connectivity index (χ2v) is 6.38. The molecule has 0 bridgehead atoms. The van der Waals surface area contributed by atoms with Crippen LogP contribution in [-0.2, 0) is 0 Å². The number of nitrogens with zero attached hydrogens (tertiary/aromatic N) is 2. The van der Waals surface area contributed by atoms with Gasteiger partial charge in [-0.15, -0.1) is 10.2 Å². The molecule has 0 aliphatic heterocycles. The zero-order valence-electron chi connectivity index (χ0n) is 7.99. The van der Waals surface area contributed by atoms with Gasteiger partial charge in [0.1, 0.15) is 0 Å². The van der Waals surface area contributed by atoms with Gasteiger partial charge in [0.15, 0.2) is 3.92 Å². The lowest BCUT2D eigenvalue weighted by Gasteiger charge is -2.49. The van der Waals surface area contributed by atoms with Gasteiger partial charge < -0.3 is 10.4 Å². The van der Waals surface area contributed by atoms with Crippen LogP contribution in [0.5, 0.6) is 0 Å². The van der Waals surface area contributed by atoms with Crippen LogP contribution < -0.4 is 5.32 Å². The van der Waals surface area contributed by atoms with Crippen molar-refractivity contribution in [2.45, 2.75) is 32.4 Å². The Morgan fingerprint density at radius 1 is 1.57 bits per heavy atom. The minimum absolute atomic E-state index is 0.0713.